The van der Waals surface area contributed by atoms with Crippen LogP contribution in [0.2, 0.25) is 0 Å². The first-order chi connectivity index (χ1) is 12.4. The van der Waals surface area contributed by atoms with Crippen LogP contribution in [0.15, 0.2) is 54.9 Å². The summed E-state index contributed by atoms with van der Waals surface area (Å²) in [7, 11) is 0. The predicted molar refractivity (Wildman–Crippen MR) is 97.7 cm³/mol. The van der Waals surface area contributed by atoms with Crippen molar-refractivity contribution >= 4 is 23.0 Å². The van der Waals surface area contributed by atoms with Crippen molar-refractivity contribution < 1.29 is 13.6 Å². The first-order valence-electron chi connectivity index (χ1n) is 7.98. The van der Waals surface area contributed by atoms with Crippen LogP contribution in [0, 0.1) is 25.5 Å². The average Bonchev–Trinajstić information content (AvgIpc) is 2.61. The molecular formula is C20H17F2N3O. The molecule has 0 aliphatic rings. The first kappa shape index (κ1) is 17.5. The molecule has 0 fully saturated rings. The van der Waals surface area contributed by atoms with Crippen LogP contribution in [0.3, 0.4) is 0 Å². The largest absolute Gasteiger partial charge is 0.354 e. The number of aryl methyl sites for hydroxylation is 2. The van der Waals surface area contributed by atoms with Gasteiger partial charge >= 0.3 is 0 Å². The molecule has 0 bridgehead atoms. The quantitative estimate of drug-likeness (QED) is 0.696. The van der Waals surface area contributed by atoms with E-state index in [2.05, 4.69) is 15.6 Å². The van der Waals surface area contributed by atoms with Gasteiger partial charge in [0.2, 0.25) is 0 Å². The van der Waals surface area contributed by atoms with Crippen molar-refractivity contribution in [2.75, 3.05) is 10.6 Å². The molecule has 132 valence electrons. The van der Waals surface area contributed by atoms with Crippen LogP contribution in [-0.2, 0) is 0 Å². The minimum Gasteiger partial charge on any atom is -0.354 e. The Balaban J connectivity index is 1.76. The topological polar surface area (TPSA) is 54.0 Å². The Hall–Kier alpha value is -3.28. The van der Waals surface area contributed by atoms with Crippen LogP contribution in [-0.4, -0.2) is 10.9 Å². The summed E-state index contributed by atoms with van der Waals surface area (Å²) in [4.78, 5) is 16.4. The molecule has 3 aromatic rings. The number of aromatic nitrogens is 1. The predicted octanol–water partition coefficient (Wildman–Crippen LogP) is 4.97. The highest BCUT2D eigenvalue weighted by Crippen LogP contribution is 2.20. The number of rotatable bonds is 4. The highest BCUT2D eigenvalue weighted by molar-refractivity contribution is 6.04. The number of carbonyl (C=O) groups excluding carboxylic acids is 1. The zero-order chi connectivity index (χ0) is 18.7. The second-order valence-electron chi connectivity index (χ2n) is 5.97. The van der Waals surface area contributed by atoms with E-state index in [4.69, 9.17) is 0 Å². The summed E-state index contributed by atoms with van der Waals surface area (Å²) >= 11 is 0. The SMILES string of the molecule is Cc1ccc(NC(=O)c2cncc(Nc3ccc(F)c(F)c3)c2)cc1C. The van der Waals surface area contributed by atoms with Crippen molar-refractivity contribution in [2.45, 2.75) is 13.8 Å². The lowest BCUT2D eigenvalue weighted by Crippen LogP contribution is -2.12. The van der Waals surface area contributed by atoms with Crippen molar-refractivity contribution in [2.24, 2.45) is 0 Å². The van der Waals surface area contributed by atoms with Crippen molar-refractivity contribution in [1.29, 1.82) is 0 Å². The van der Waals surface area contributed by atoms with E-state index in [9.17, 15) is 13.6 Å². The monoisotopic (exact) mass is 353 g/mol. The third kappa shape index (κ3) is 4.03. The van der Waals surface area contributed by atoms with Gasteiger partial charge in [-0.2, -0.15) is 0 Å². The van der Waals surface area contributed by atoms with Crippen LogP contribution in [0.25, 0.3) is 0 Å². The lowest BCUT2D eigenvalue weighted by Gasteiger charge is -2.10. The van der Waals surface area contributed by atoms with E-state index in [-0.39, 0.29) is 5.91 Å². The summed E-state index contributed by atoms with van der Waals surface area (Å²) in [5, 5.41) is 5.72. The highest BCUT2D eigenvalue weighted by Gasteiger charge is 2.09. The Labute approximate surface area is 149 Å². The smallest absolute Gasteiger partial charge is 0.257 e. The third-order valence-corrected chi connectivity index (χ3v) is 3.97. The van der Waals surface area contributed by atoms with Gasteiger partial charge in [-0.25, -0.2) is 8.78 Å². The Morgan fingerprint density at radius 2 is 1.62 bits per heavy atom. The first-order valence-corrected chi connectivity index (χ1v) is 7.98. The molecule has 2 N–H and O–H groups in total. The molecule has 0 spiro atoms. The molecule has 0 aliphatic heterocycles. The van der Waals surface area contributed by atoms with Gasteiger partial charge in [-0.05, 0) is 55.3 Å². The maximum Gasteiger partial charge on any atom is 0.257 e. The van der Waals surface area contributed by atoms with Gasteiger partial charge in [0.1, 0.15) is 0 Å². The summed E-state index contributed by atoms with van der Waals surface area (Å²) in [6.07, 6.45) is 2.93. The van der Waals surface area contributed by atoms with Gasteiger partial charge in [-0.3, -0.25) is 9.78 Å². The van der Waals surface area contributed by atoms with E-state index in [1.54, 1.807) is 6.07 Å². The maximum absolute atomic E-state index is 13.3. The van der Waals surface area contributed by atoms with Crippen LogP contribution < -0.4 is 10.6 Å². The molecule has 0 saturated carbocycles. The van der Waals surface area contributed by atoms with Crippen LogP contribution in [0.4, 0.5) is 25.8 Å². The molecule has 0 atom stereocenters. The van der Waals surface area contributed by atoms with E-state index >= 15 is 0 Å². The Bertz CT molecular complexity index is 973. The van der Waals surface area contributed by atoms with E-state index in [1.807, 2.05) is 32.0 Å². The number of amides is 1. The summed E-state index contributed by atoms with van der Waals surface area (Å²) in [5.74, 6) is -2.18. The molecule has 4 nitrogen and oxygen atoms in total. The van der Waals surface area contributed by atoms with Gasteiger partial charge in [0, 0.05) is 23.6 Å². The average molecular weight is 353 g/mol. The lowest BCUT2D eigenvalue weighted by molar-refractivity contribution is 0.102. The number of anilines is 3. The second-order valence-corrected chi connectivity index (χ2v) is 5.97. The highest BCUT2D eigenvalue weighted by atomic mass is 19.2. The van der Waals surface area contributed by atoms with Gasteiger partial charge < -0.3 is 10.6 Å². The number of hydrogen-bond acceptors (Lipinski definition) is 3. The number of nitrogens with zero attached hydrogens (tertiary/aromatic N) is 1. The van der Waals surface area contributed by atoms with Crippen molar-refractivity contribution in [3.8, 4) is 0 Å². The molecular weight excluding hydrogens is 336 g/mol. The minimum absolute atomic E-state index is 0.310. The zero-order valence-electron chi connectivity index (χ0n) is 14.3. The van der Waals surface area contributed by atoms with E-state index < -0.39 is 11.6 Å². The molecule has 1 aromatic heterocycles. The van der Waals surface area contributed by atoms with Gasteiger partial charge in [-0.1, -0.05) is 6.07 Å². The van der Waals surface area contributed by atoms with E-state index in [1.165, 1.54) is 18.5 Å². The van der Waals surface area contributed by atoms with Crippen molar-refractivity contribution in [1.82, 2.24) is 4.98 Å². The summed E-state index contributed by atoms with van der Waals surface area (Å²) in [6.45, 7) is 3.97. The number of hydrogen-bond donors (Lipinski definition) is 2. The molecule has 0 unspecified atom stereocenters. The summed E-state index contributed by atoms with van der Waals surface area (Å²) in [5.41, 5.74) is 4.10. The number of carbonyl (C=O) groups is 1. The Morgan fingerprint density at radius 1 is 0.846 bits per heavy atom. The van der Waals surface area contributed by atoms with Crippen LogP contribution in [0.5, 0.6) is 0 Å². The Kier molecular flexibility index (Phi) is 4.93. The standard InChI is InChI=1S/C20H17F2N3O/c1-12-3-4-15(7-13(12)2)25-20(26)14-8-17(11-23-10-14)24-16-5-6-18(21)19(22)9-16/h3-11,24H,1-2H3,(H,25,26). The van der Waals surface area contributed by atoms with E-state index in [0.29, 0.717) is 22.6 Å². The third-order valence-electron chi connectivity index (χ3n) is 3.97. The molecule has 6 heteroatoms. The van der Waals surface area contributed by atoms with Crippen molar-refractivity contribution in [3.63, 3.8) is 0 Å². The fraction of sp³-hybridized carbons (Fsp3) is 0.100. The fourth-order valence-electron chi connectivity index (χ4n) is 2.40. The number of halogens is 2. The van der Waals surface area contributed by atoms with Gasteiger partial charge in [0.25, 0.3) is 5.91 Å². The van der Waals surface area contributed by atoms with Crippen molar-refractivity contribution in [3.05, 3.63) is 83.2 Å². The molecule has 26 heavy (non-hydrogen) atoms. The molecule has 2 aromatic carbocycles. The van der Waals surface area contributed by atoms with Gasteiger partial charge in [-0.15, -0.1) is 0 Å². The van der Waals surface area contributed by atoms with Crippen LogP contribution >= 0.6 is 0 Å². The molecule has 1 heterocycles. The summed E-state index contributed by atoms with van der Waals surface area (Å²) in [6, 6.07) is 10.7. The number of pyridine rings is 1. The minimum atomic E-state index is -0.952. The molecule has 3 rings (SSSR count). The maximum atomic E-state index is 13.3. The molecule has 0 radical (unpaired) electrons. The number of nitrogens with one attached hydrogen (secondary N) is 2. The lowest BCUT2D eigenvalue weighted by atomic mass is 10.1. The molecule has 0 aliphatic carbocycles. The van der Waals surface area contributed by atoms with Gasteiger partial charge in [0.05, 0.1) is 17.4 Å². The van der Waals surface area contributed by atoms with Crippen LogP contribution in [0.1, 0.15) is 21.5 Å². The Morgan fingerprint density at radius 3 is 2.35 bits per heavy atom. The second kappa shape index (κ2) is 7.31. The summed E-state index contributed by atoms with van der Waals surface area (Å²) < 4.78 is 26.3. The van der Waals surface area contributed by atoms with E-state index in [0.717, 1.165) is 23.3 Å². The number of benzene rings is 2. The molecule has 1 amide bonds. The van der Waals surface area contributed by atoms with Gasteiger partial charge in [0.15, 0.2) is 11.6 Å². The molecule has 0 saturated heterocycles. The zero-order valence-corrected chi connectivity index (χ0v) is 14.3. The normalized spacial score (nSPS) is 10.5. The fourth-order valence-corrected chi connectivity index (χ4v) is 2.40.